The fourth-order valence-corrected chi connectivity index (χ4v) is 3.55. The number of hydrogen-bond acceptors (Lipinski definition) is 3. The molecule has 2 aromatic rings. The van der Waals surface area contributed by atoms with E-state index in [1.54, 1.807) is 0 Å². The average Bonchev–Trinajstić information content (AvgIpc) is 2.67. The number of benzene rings is 1. The Morgan fingerprint density at radius 3 is 3.10 bits per heavy atom. The molecule has 3 nitrogen and oxygen atoms in total. The van der Waals surface area contributed by atoms with Crippen LogP contribution in [0.15, 0.2) is 28.7 Å². The first kappa shape index (κ1) is 15.0. The van der Waals surface area contributed by atoms with Crippen LogP contribution in [0.4, 0.5) is 5.82 Å². The molecule has 0 radical (unpaired) electrons. The van der Waals surface area contributed by atoms with E-state index in [1.807, 2.05) is 17.8 Å². The smallest absolute Gasteiger partial charge is 0.133 e. The van der Waals surface area contributed by atoms with Gasteiger partial charge in [-0.15, -0.1) is 0 Å². The molecule has 1 aliphatic rings. The second-order valence-corrected chi connectivity index (χ2v) is 7.19. The lowest BCUT2D eigenvalue weighted by Crippen LogP contribution is -2.07. The van der Waals surface area contributed by atoms with Crippen molar-refractivity contribution in [2.45, 2.75) is 25.7 Å². The number of thioether (sulfide) groups is 1. The molecule has 112 valence electrons. The monoisotopic (exact) mass is 365 g/mol. The zero-order valence-electron chi connectivity index (χ0n) is 12.2. The maximum absolute atomic E-state index is 4.90. The van der Waals surface area contributed by atoms with Gasteiger partial charge < -0.3 is 5.32 Å². The molecule has 0 unspecified atom stereocenters. The summed E-state index contributed by atoms with van der Waals surface area (Å²) in [6, 6.07) is 8.35. The molecule has 0 atom stereocenters. The average molecular weight is 366 g/mol. The van der Waals surface area contributed by atoms with Gasteiger partial charge in [-0.3, -0.25) is 0 Å². The summed E-state index contributed by atoms with van der Waals surface area (Å²) < 4.78 is 3.17. The van der Waals surface area contributed by atoms with Gasteiger partial charge in [-0.25, -0.2) is 4.68 Å². The summed E-state index contributed by atoms with van der Waals surface area (Å²) in [6.07, 6.45) is 6.82. The van der Waals surface area contributed by atoms with E-state index in [4.69, 9.17) is 5.10 Å². The summed E-state index contributed by atoms with van der Waals surface area (Å²) in [5, 5.41) is 8.49. The van der Waals surface area contributed by atoms with Crippen molar-refractivity contribution in [3.8, 4) is 5.69 Å². The largest absolute Gasteiger partial charge is 0.370 e. The summed E-state index contributed by atoms with van der Waals surface area (Å²) in [7, 11) is 0. The molecule has 5 heteroatoms. The number of fused-ring (bicyclic) bond motifs is 1. The van der Waals surface area contributed by atoms with Gasteiger partial charge in [-0.2, -0.15) is 16.9 Å². The number of anilines is 1. The van der Waals surface area contributed by atoms with Crippen LogP contribution in [-0.4, -0.2) is 28.3 Å². The summed E-state index contributed by atoms with van der Waals surface area (Å²) >= 11 is 5.44. The number of rotatable bonds is 4. The van der Waals surface area contributed by atoms with Crippen molar-refractivity contribution in [2.24, 2.45) is 0 Å². The molecule has 0 saturated carbocycles. The zero-order chi connectivity index (χ0) is 14.7. The Kier molecular flexibility index (Phi) is 4.91. The van der Waals surface area contributed by atoms with Gasteiger partial charge in [-0.1, -0.05) is 22.0 Å². The number of hydrogen-bond donors (Lipinski definition) is 1. The second kappa shape index (κ2) is 6.88. The van der Waals surface area contributed by atoms with Crippen LogP contribution in [0.2, 0.25) is 0 Å². The van der Waals surface area contributed by atoms with Crippen LogP contribution in [0, 0.1) is 0 Å². The van der Waals surface area contributed by atoms with Crippen LogP contribution in [0.1, 0.15) is 24.1 Å². The number of halogens is 1. The molecular weight excluding hydrogens is 346 g/mol. The normalized spacial score (nSPS) is 14.4. The molecule has 0 amide bonds. The highest BCUT2D eigenvalue weighted by molar-refractivity contribution is 9.10. The van der Waals surface area contributed by atoms with Crippen molar-refractivity contribution in [2.75, 3.05) is 23.9 Å². The van der Waals surface area contributed by atoms with Gasteiger partial charge in [0.05, 0.1) is 11.4 Å². The maximum atomic E-state index is 4.90. The summed E-state index contributed by atoms with van der Waals surface area (Å²) in [5.74, 6) is 2.32. The lowest BCUT2D eigenvalue weighted by atomic mass is 10.1. The molecule has 21 heavy (non-hydrogen) atoms. The molecule has 1 aliphatic heterocycles. The number of nitrogens with one attached hydrogen (secondary N) is 1. The fraction of sp³-hybridized carbons (Fsp3) is 0.438. The first-order valence-electron chi connectivity index (χ1n) is 7.39. The van der Waals surface area contributed by atoms with Crippen LogP contribution in [0.5, 0.6) is 0 Å². The summed E-state index contributed by atoms with van der Waals surface area (Å²) in [6.45, 7) is 1.04. The molecule has 1 N–H and O–H groups in total. The van der Waals surface area contributed by atoms with Crippen LogP contribution in [0.25, 0.3) is 5.69 Å². The van der Waals surface area contributed by atoms with E-state index in [-0.39, 0.29) is 0 Å². The quantitative estimate of drug-likeness (QED) is 0.876. The molecule has 2 heterocycles. The van der Waals surface area contributed by atoms with Gasteiger partial charge in [0, 0.05) is 23.0 Å². The molecule has 0 fully saturated rings. The van der Waals surface area contributed by atoms with Crippen LogP contribution < -0.4 is 5.32 Å². The molecule has 3 rings (SSSR count). The molecule has 1 aromatic heterocycles. The zero-order valence-corrected chi connectivity index (χ0v) is 14.6. The minimum absolute atomic E-state index is 1.04. The summed E-state index contributed by atoms with van der Waals surface area (Å²) in [4.78, 5) is 0. The Morgan fingerprint density at radius 2 is 2.29 bits per heavy atom. The summed E-state index contributed by atoms with van der Waals surface area (Å²) in [5.41, 5.74) is 3.79. The van der Waals surface area contributed by atoms with E-state index in [2.05, 4.69) is 50.4 Å². The third-order valence-electron chi connectivity index (χ3n) is 3.81. The van der Waals surface area contributed by atoms with Crippen molar-refractivity contribution in [1.29, 1.82) is 0 Å². The Morgan fingerprint density at radius 1 is 1.38 bits per heavy atom. The van der Waals surface area contributed by atoms with Gasteiger partial charge in [0.2, 0.25) is 0 Å². The van der Waals surface area contributed by atoms with Gasteiger partial charge in [-0.05, 0) is 49.5 Å². The van der Waals surface area contributed by atoms with Crippen LogP contribution in [0.3, 0.4) is 0 Å². The van der Waals surface area contributed by atoms with Crippen molar-refractivity contribution < 1.29 is 0 Å². The first-order chi connectivity index (χ1) is 10.3. The molecule has 0 spiro atoms. The highest BCUT2D eigenvalue weighted by Crippen LogP contribution is 2.29. The fourth-order valence-electron chi connectivity index (χ4n) is 2.77. The van der Waals surface area contributed by atoms with E-state index < -0.39 is 0 Å². The SMILES string of the molecule is CSCCc1nn(-c2cccc(Br)c2)c2c1CCCCN2. The predicted molar refractivity (Wildman–Crippen MR) is 94.8 cm³/mol. The lowest BCUT2D eigenvalue weighted by Gasteiger charge is -2.09. The van der Waals surface area contributed by atoms with E-state index >= 15 is 0 Å². The Labute approximate surface area is 138 Å². The van der Waals surface area contributed by atoms with E-state index in [9.17, 15) is 0 Å². The van der Waals surface area contributed by atoms with Crippen molar-refractivity contribution in [1.82, 2.24) is 9.78 Å². The third kappa shape index (κ3) is 3.29. The predicted octanol–water partition coefficient (Wildman–Crippen LogP) is 4.29. The molecule has 0 bridgehead atoms. The highest BCUT2D eigenvalue weighted by atomic mass is 79.9. The van der Waals surface area contributed by atoms with Crippen LogP contribution >= 0.6 is 27.7 Å². The number of aryl methyl sites for hydroxylation is 1. The topological polar surface area (TPSA) is 29.9 Å². The van der Waals surface area contributed by atoms with Crippen molar-refractivity contribution in [3.63, 3.8) is 0 Å². The molecule has 1 aromatic carbocycles. The van der Waals surface area contributed by atoms with E-state index in [0.29, 0.717) is 0 Å². The molecular formula is C16H20BrN3S. The van der Waals surface area contributed by atoms with Crippen molar-refractivity contribution in [3.05, 3.63) is 40.0 Å². The minimum Gasteiger partial charge on any atom is -0.370 e. The standard InChI is InChI=1S/C16H20BrN3S/c1-21-10-8-15-14-7-2-3-9-18-16(14)20(19-15)13-6-4-5-12(17)11-13/h4-6,11,18H,2-3,7-10H2,1H3. The maximum Gasteiger partial charge on any atom is 0.133 e. The van der Waals surface area contributed by atoms with Gasteiger partial charge in [0.1, 0.15) is 5.82 Å². The highest BCUT2D eigenvalue weighted by Gasteiger charge is 2.20. The lowest BCUT2D eigenvalue weighted by molar-refractivity contribution is 0.765. The van der Waals surface area contributed by atoms with E-state index in [0.717, 1.165) is 35.3 Å². The Balaban J connectivity index is 2.05. The van der Waals surface area contributed by atoms with Gasteiger partial charge in [0.25, 0.3) is 0 Å². The van der Waals surface area contributed by atoms with E-state index in [1.165, 1.54) is 29.9 Å². The number of aromatic nitrogens is 2. The van der Waals surface area contributed by atoms with Gasteiger partial charge >= 0.3 is 0 Å². The first-order valence-corrected chi connectivity index (χ1v) is 9.58. The Bertz CT molecular complexity index is 624. The molecule has 0 aliphatic carbocycles. The van der Waals surface area contributed by atoms with Crippen molar-refractivity contribution >= 4 is 33.5 Å². The minimum atomic E-state index is 1.04. The second-order valence-electron chi connectivity index (χ2n) is 5.29. The molecule has 0 saturated heterocycles. The number of nitrogens with zero attached hydrogens (tertiary/aromatic N) is 2. The third-order valence-corrected chi connectivity index (χ3v) is 4.91. The van der Waals surface area contributed by atoms with Crippen LogP contribution in [-0.2, 0) is 12.8 Å². The Hall–Kier alpha value is -0.940. The van der Waals surface area contributed by atoms with Gasteiger partial charge in [0.15, 0.2) is 0 Å².